The number of hydrogen-bond acceptors (Lipinski definition) is 3. The van der Waals surface area contributed by atoms with Crippen molar-refractivity contribution in [2.24, 2.45) is 0 Å². The second-order valence-electron chi connectivity index (χ2n) is 4.11. The summed E-state index contributed by atoms with van der Waals surface area (Å²) >= 11 is 0. The maximum atomic E-state index is 11.6. The first kappa shape index (κ1) is 11.0. The molecule has 0 atom stereocenters. The molecule has 0 aliphatic carbocycles. The van der Waals surface area contributed by atoms with Crippen LogP contribution in [0.5, 0.6) is 0 Å². The van der Waals surface area contributed by atoms with E-state index in [1.54, 1.807) is 7.05 Å². The Hall–Kier alpha value is -1.55. The van der Waals surface area contributed by atoms with Crippen LogP contribution in [0.4, 0.5) is 5.69 Å². The predicted octanol–water partition coefficient (Wildman–Crippen LogP) is 0.738. The van der Waals surface area contributed by atoms with E-state index in [-0.39, 0.29) is 5.91 Å². The fourth-order valence-corrected chi connectivity index (χ4v) is 1.72. The smallest absolute Gasteiger partial charge is 0.251 e. The van der Waals surface area contributed by atoms with Gasteiger partial charge in [-0.3, -0.25) is 4.79 Å². The lowest BCUT2D eigenvalue weighted by Gasteiger charge is -2.29. The first-order valence-corrected chi connectivity index (χ1v) is 5.50. The third kappa shape index (κ3) is 2.17. The third-order valence-electron chi connectivity index (χ3n) is 2.86. The summed E-state index contributed by atoms with van der Waals surface area (Å²) in [4.78, 5) is 11.6. The minimum absolute atomic E-state index is 0.0344. The van der Waals surface area contributed by atoms with Crippen molar-refractivity contribution in [1.29, 1.82) is 0 Å². The van der Waals surface area contributed by atoms with Crippen LogP contribution in [0, 0.1) is 6.92 Å². The van der Waals surface area contributed by atoms with E-state index >= 15 is 0 Å². The molecule has 1 aromatic rings. The monoisotopic (exact) mass is 219 g/mol. The van der Waals surface area contributed by atoms with Gasteiger partial charge in [-0.05, 0) is 24.6 Å². The fourth-order valence-electron chi connectivity index (χ4n) is 1.72. The van der Waals surface area contributed by atoms with E-state index in [1.165, 1.54) is 0 Å². The molecule has 1 saturated heterocycles. The van der Waals surface area contributed by atoms with Crippen molar-refractivity contribution in [3.63, 3.8) is 0 Å². The number of carbonyl (C=O) groups excluding carboxylic acids is 1. The average Bonchev–Trinajstić information content (AvgIpc) is 2.24. The lowest BCUT2D eigenvalue weighted by molar-refractivity contribution is 0.0962. The predicted molar refractivity (Wildman–Crippen MR) is 64.8 cm³/mol. The maximum absolute atomic E-state index is 11.6. The zero-order chi connectivity index (χ0) is 11.5. The van der Waals surface area contributed by atoms with E-state index in [9.17, 15) is 4.79 Å². The molecule has 1 heterocycles. The quantitative estimate of drug-likeness (QED) is 0.703. The van der Waals surface area contributed by atoms with E-state index in [4.69, 9.17) is 0 Å². The Balaban J connectivity index is 2.17. The van der Waals surface area contributed by atoms with Crippen molar-refractivity contribution in [3.8, 4) is 0 Å². The van der Waals surface area contributed by atoms with Gasteiger partial charge in [-0.2, -0.15) is 0 Å². The highest BCUT2D eigenvalue weighted by Gasteiger charge is 2.16. The van der Waals surface area contributed by atoms with Crippen LogP contribution >= 0.6 is 0 Å². The molecule has 0 spiro atoms. The number of rotatable bonds is 3. The number of nitrogens with one attached hydrogen (secondary N) is 3. The van der Waals surface area contributed by atoms with E-state index in [1.807, 2.05) is 25.1 Å². The Labute approximate surface area is 95.4 Å². The molecule has 2 rings (SSSR count). The minimum atomic E-state index is -0.0344. The van der Waals surface area contributed by atoms with E-state index in [2.05, 4.69) is 16.0 Å². The molecule has 4 nitrogen and oxygen atoms in total. The molecule has 1 amide bonds. The number of aryl methyl sites for hydroxylation is 1. The minimum Gasteiger partial charge on any atom is -0.380 e. The Morgan fingerprint density at radius 3 is 2.75 bits per heavy atom. The van der Waals surface area contributed by atoms with Gasteiger partial charge in [0.1, 0.15) is 0 Å². The van der Waals surface area contributed by atoms with Gasteiger partial charge in [-0.15, -0.1) is 0 Å². The van der Waals surface area contributed by atoms with Crippen LogP contribution in [0.1, 0.15) is 15.9 Å². The second-order valence-corrected chi connectivity index (χ2v) is 4.11. The summed E-state index contributed by atoms with van der Waals surface area (Å²) < 4.78 is 0. The van der Waals surface area contributed by atoms with Crippen LogP contribution in [0.15, 0.2) is 18.2 Å². The average molecular weight is 219 g/mol. The topological polar surface area (TPSA) is 53.2 Å². The lowest BCUT2D eigenvalue weighted by atomic mass is 10.1. The van der Waals surface area contributed by atoms with Crippen LogP contribution < -0.4 is 16.0 Å². The highest BCUT2D eigenvalue weighted by Crippen LogP contribution is 2.16. The standard InChI is InChI=1S/C12H17N3O/c1-8-3-4-9(15-10-6-14-7-10)5-11(8)12(16)13-2/h3-5,10,14-15H,6-7H2,1-2H3,(H,13,16). The van der Waals surface area contributed by atoms with Gasteiger partial charge in [0.05, 0.1) is 6.04 Å². The molecule has 16 heavy (non-hydrogen) atoms. The molecular formula is C12H17N3O. The number of hydrogen-bond donors (Lipinski definition) is 3. The number of benzene rings is 1. The summed E-state index contributed by atoms with van der Waals surface area (Å²) in [6.45, 7) is 3.92. The highest BCUT2D eigenvalue weighted by molar-refractivity contribution is 5.96. The molecule has 1 aromatic carbocycles. The van der Waals surface area contributed by atoms with Gasteiger partial charge in [-0.1, -0.05) is 6.07 Å². The molecule has 1 aliphatic rings. The van der Waals surface area contributed by atoms with Crippen molar-refractivity contribution in [1.82, 2.24) is 10.6 Å². The molecule has 4 heteroatoms. The number of carbonyl (C=O) groups is 1. The van der Waals surface area contributed by atoms with Gasteiger partial charge in [-0.25, -0.2) is 0 Å². The Morgan fingerprint density at radius 1 is 1.44 bits per heavy atom. The van der Waals surface area contributed by atoms with Crippen molar-refractivity contribution >= 4 is 11.6 Å². The van der Waals surface area contributed by atoms with Crippen LogP contribution in [0.3, 0.4) is 0 Å². The molecule has 0 radical (unpaired) electrons. The summed E-state index contributed by atoms with van der Waals surface area (Å²) in [7, 11) is 1.65. The van der Waals surface area contributed by atoms with Crippen LogP contribution in [0.25, 0.3) is 0 Å². The summed E-state index contributed by atoms with van der Waals surface area (Å²) in [6, 6.07) is 6.38. The maximum Gasteiger partial charge on any atom is 0.251 e. The second kappa shape index (κ2) is 4.53. The normalized spacial score (nSPS) is 15.4. The van der Waals surface area contributed by atoms with E-state index in [0.29, 0.717) is 6.04 Å². The largest absolute Gasteiger partial charge is 0.380 e. The molecule has 0 bridgehead atoms. The van der Waals surface area contributed by atoms with Gasteiger partial charge in [0, 0.05) is 31.4 Å². The molecule has 1 fully saturated rings. The molecule has 0 aromatic heterocycles. The van der Waals surface area contributed by atoms with E-state index in [0.717, 1.165) is 29.9 Å². The van der Waals surface area contributed by atoms with Gasteiger partial charge in [0.15, 0.2) is 0 Å². The first-order valence-electron chi connectivity index (χ1n) is 5.50. The highest BCUT2D eigenvalue weighted by atomic mass is 16.1. The SMILES string of the molecule is CNC(=O)c1cc(NC2CNC2)ccc1C. The first-order chi connectivity index (χ1) is 7.70. The molecule has 1 aliphatic heterocycles. The van der Waals surface area contributed by atoms with Gasteiger partial charge in [0.2, 0.25) is 0 Å². The summed E-state index contributed by atoms with van der Waals surface area (Å²) in [6.07, 6.45) is 0. The van der Waals surface area contributed by atoms with Crippen LogP contribution in [-0.2, 0) is 0 Å². The van der Waals surface area contributed by atoms with Crippen molar-refractivity contribution in [3.05, 3.63) is 29.3 Å². The molecule has 0 unspecified atom stereocenters. The molecule has 86 valence electrons. The van der Waals surface area contributed by atoms with Gasteiger partial charge >= 0.3 is 0 Å². The Bertz CT molecular complexity index is 399. The van der Waals surface area contributed by atoms with Crippen LogP contribution in [-0.4, -0.2) is 32.1 Å². The van der Waals surface area contributed by atoms with Crippen molar-refractivity contribution in [2.75, 3.05) is 25.5 Å². The van der Waals surface area contributed by atoms with Crippen LogP contribution in [0.2, 0.25) is 0 Å². The van der Waals surface area contributed by atoms with Crippen molar-refractivity contribution < 1.29 is 4.79 Å². The van der Waals surface area contributed by atoms with E-state index < -0.39 is 0 Å². The zero-order valence-electron chi connectivity index (χ0n) is 9.63. The molecule has 3 N–H and O–H groups in total. The van der Waals surface area contributed by atoms with Gasteiger partial charge < -0.3 is 16.0 Å². The van der Waals surface area contributed by atoms with Gasteiger partial charge in [0.25, 0.3) is 5.91 Å². The molecule has 0 saturated carbocycles. The third-order valence-corrected chi connectivity index (χ3v) is 2.86. The summed E-state index contributed by atoms with van der Waals surface area (Å²) in [5.74, 6) is -0.0344. The number of amides is 1. The van der Waals surface area contributed by atoms with Crippen molar-refractivity contribution in [2.45, 2.75) is 13.0 Å². The zero-order valence-corrected chi connectivity index (χ0v) is 9.63. The Morgan fingerprint density at radius 2 is 2.19 bits per heavy atom. The summed E-state index contributed by atoms with van der Waals surface area (Å²) in [5.41, 5.74) is 2.74. The number of anilines is 1. The fraction of sp³-hybridized carbons (Fsp3) is 0.417. The molecular weight excluding hydrogens is 202 g/mol. The summed E-state index contributed by atoms with van der Waals surface area (Å²) in [5, 5.41) is 9.23. The Kier molecular flexibility index (Phi) is 3.10. The lowest BCUT2D eigenvalue weighted by Crippen LogP contribution is -2.51.